The second-order valence-electron chi connectivity index (χ2n) is 20.4. The van der Waals surface area contributed by atoms with Crippen molar-refractivity contribution in [3.05, 3.63) is 277 Å². The lowest BCUT2D eigenvalue weighted by molar-refractivity contribution is 1.00. The van der Waals surface area contributed by atoms with Gasteiger partial charge in [0.1, 0.15) is 46.5 Å². The van der Waals surface area contributed by atoms with E-state index in [0.29, 0.717) is 56.7 Å². The minimum absolute atomic E-state index is 0.355. The lowest BCUT2D eigenvalue weighted by atomic mass is 9.95. The van der Waals surface area contributed by atoms with Gasteiger partial charge in [0.15, 0.2) is 23.3 Å². The van der Waals surface area contributed by atoms with Crippen LogP contribution < -0.4 is 0 Å². The molecule has 6 heterocycles. The van der Waals surface area contributed by atoms with Crippen LogP contribution in [-0.4, -0.2) is 28.2 Å². The molecule has 6 aromatic heterocycles. The van der Waals surface area contributed by atoms with Gasteiger partial charge >= 0.3 is 0 Å². The molecule has 16 aromatic rings. The SMILES string of the molecule is N#Cc1c(-n2c3ccccc3c3ccccc32)nc(-n2c3ccccc3c3ccccc32)c(C#N)c1-c1ccccc1.N#Cc1c(-n2c3ccccc3c3ccccc32)nc(-n2c3ccccc3c3ccccc32)c(C#N)c1-c1ccccc1. The third-order valence-corrected chi connectivity index (χ3v) is 16.1. The minimum Gasteiger partial charge on any atom is -0.293 e. The monoisotopic (exact) mass is 1070 g/mol. The van der Waals surface area contributed by atoms with E-state index in [2.05, 4.69) is 140 Å². The zero-order chi connectivity index (χ0) is 56.4. The third kappa shape index (κ3) is 7.33. The van der Waals surface area contributed by atoms with E-state index in [1.807, 2.05) is 158 Å². The van der Waals surface area contributed by atoms with Crippen molar-refractivity contribution >= 4 is 87.2 Å². The molecule has 10 aromatic carbocycles. The number of hydrogen-bond acceptors (Lipinski definition) is 6. The Labute approximate surface area is 480 Å². The normalized spacial score (nSPS) is 11.3. The molecule has 10 heteroatoms. The van der Waals surface area contributed by atoms with E-state index >= 15 is 0 Å². The molecule has 16 rings (SSSR count). The van der Waals surface area contributed by atoms with Crippen LogP contribution in [0.2, 0.25) is 0 Å². The van der Waals surface area contributed by atoms with Crippen LogP contribution in [0.1, 0.15) is 22.3 Å². The molecule has 0 amide bonds. The highest BCUT2D eigenvalue weighted by atomic mass is 15.2. The number of fused-ring (bicyclic) bond motifs is 12. The van der Waals surface area contributed by atoms with Crippen LogP contribution in [0.3, 0.4) is 0 Å². The first-order valence-electron chi connectivity index (χ1n) is 27.4. The third-order valence-electron chi connectivity index (χ3n) is 16.1. The molecular formula is C74H42N10. The molecule has 0 unspecified atom stereocenters. The van der Waals surface area contributed by atoms with Gasteiger partial charge in [0, 0.05) is 54.2 Å². The fraction of sp³-hybridized carbons (Fsp3) is 0. The number of benzene rings is 10. The fourth-order valence-electron chi connectivity index (χ4n) is 12.6. The van der Waals surface area contributed by atoms with Gasteiger partial charge < -0.3 is 0 Å². The molecule has 0 radical (unpaired) electrons. The van der Waals surface area contributed by atoms with E-state index in [1.54, 1.807) is 0 Å². The summed E-state index contributed by atoms with van der Waals surface area (Å²) in [5.41, 5.74) is 11.7. The van der Waals surface area contributed by atoms with Crippen molar-refractivity contribution < 1.29 is 0 Å². The summed E-state index contributed by atoms with van der Waals surface area (Å²) in [5, 5.41) is 51.7. The zero-order valence-electron chi connectivity index (χ0n) is 44.7. The lowest BCUT2D eigenvalue weighted by Gasteiger charge is -2.18. The molecule has 0 N–H and O–H groups in total. The highest BCUT2D eigenvalue weighted by Crippen LogP contribution is 2.43. The minimum atomic E-state index is 0.355. The van der Waals surface area contributed by atoms with Gasteiger partial charge in [-0.2, -0.15) is 21.0 Å². The van der Waals surface area contributed by atoms with Gasteiger partial charge in [-0.25, -0.2) is 9.97 Å². The molecule has 10 nitrogen and oxygen atoms in total. The van der Waals surface area contributed by atoms with Crippen molar-refractivity contribution in [1.29, 1.82) is 21.0 Å². The van der Waals surface area contributed by atoms with Crippen molar-refractivity contribution in [2.75, 3.05) is 0 Å². The number of nitriles is 4. The number of nitrogens with zero attached hydrogens (tertiary/aromatic N) is 10. The first-order chi connectivity index (χ1) is 41.6. The van der Waals surface area contributed by atoms with Crippen molar-refractivity contribution in [3.63, 3.8) is 0 Å². The number of pyridine rings is 2. The Morgan fingerprint density at radius 1 is 0.214 bits per heavy atom. The zero-order valence-corrected chi connectivity index (χ0v) is 44.7. The first-order valence-corrected chi connectivity index (χ1v) is 27.4. The molecule has 0 atom stereocenters. The summed E-state index contributed by atoms with van der Waals surface area (Å²) in [6.45, 7) is 0. The van der Waals surface area contributed by atoms with E-state index < -0.39 is 0 Å². The average Bonchev–Trinajstić information content (AvgIpc) is 2.45. The van der Waals surface area contributed by atoms with Crippen molar-refractivity contribution in [1.82, 2.24) is 28.2 Å². The number of para-hydroxylation sites is 8. The van der Waals surface area contributed by atoms with E-state index in [1.165, 1.54) is 0 Å². The Morgan fingerprint density at radius 2 is 0.381 bits per heavy atom. The summed E-state index contributed by atoms with van der Waals surface area (Å²) in [5.74, 6) is 1.96. The second kappa shape index (κ2) is 19.8. The van der Waals surface area contributed by atoms with Gasteiger partial charge in [-0.3, -0.25) is 18.3 Å². The van der Waals surface area contributed by atoms with Gasteiger partial charge in [0.2, 0.25) is 0 Å². The quantitative estimate of drug-likeness (QED) is 0.162. The molecule has 0 saturated heterocycles. The molecule has 0 bridgehead atoms. The van der Waals surface area contributed by atoms with Crippen LogP contribution in [0.4, 0.5) is 0 Å². The average molecular weight is 1070 g/mol. The summed E-state index contributed by atoms with van der Waals surface area (Å²) < 4.78 is 8.25. The highest BCUT2D eigenvalue weighted by molar-refractivity contribution is 6.13. The predicted octanol–water partition coefficient (Wildman–Crippen LogP) is 17.4. The van der Waals surface area contributed by atoms with E-state index in [-0.39, 0.29) is 0 Å². The summed E-state index contributed by atoms with van der Waals surface area (Å²) in [4.78, 5) is 10.5. The van der Waals surface area contributed by atoms with Gasteiger partial charge in [-0.1, -0.05) is 206 Å². The van der Waals surface area contributed by atoms with E-state index in [4.69, 9.17) is 9.97 Å². The van der Waals surface area contributed by atoms with Crippen LogP contribution in [0, 0.1) is 45.3 Å². The number of aromatic nitrogens is 6. The number of rotatable bonds is 6. The van der Waals surface area contributed by atoms with E-state index in [9.17, 15) is 21.0 Å². The summed E-state index contributed by atoms with van der Waals surface area (Å²) >= 11 is 0. The Bertz CT molecular complexity index is 4700. The molecule has 0 aliphatic carbocycles. The molecule has 0 fully saturated rings. The Hall–Kier alpha value is -12.3. The maximum Gasteiger partial charge on any atom is 0.158 e. The molecule has 84 heavy (non-hydrogen) atoms. The van der Waals surface area contributed by atoms with Crippen molar-refractivity contribution in [2.45, 2.75) is 0 Å². The Morgan fingerprint density at radius 3 is 0.560 bits per heavy atom. The Kier molecular flexibility index (Phi) is 11.5. The van der Waals surface area contributed by atoms with Gasteiger partial charge in [0.25, 0.3) is 0 Å². The summed E-state index contributed by atoms with van der Waals surface area (Å²) in [6.07, 6.45) is 0. The maximum absolute atomic E-state index is 10.8. The van der Waals surface area contributed by atoms with Crippen LogP contribution in [0.15, 0.2) is 255 Å². The molecular weight excluding hydrogens is 1030 g/mol. The summed E-state index contributed by atoms with van der Waals surface area (Å²) in [7, 11) is 0. The topological polar surface area (TPSA) is 141 Å². The number of hydrogen-bond donors (Lipinski definition) is 0. The molecule has 388 valence electrons. The molecule has 0 aliphatic rings. The predicted molar refractivity (Wildman–Crippen MR) is 336 cm³/mol. The lowest BCUT2D eigenvalue weighted by Crippen LogP contribution is -2.11. The largest absolute Gasteiger partial charge is 0.293 e. The van der Waals surface area contributed by atoms with Gasteiger partial charge in [0.05, 0.1) is 44.1 Å². The van der Waals surface area contributed by atoms with Crippen LogP contribution in [0.25, 0.3) is 133 Å². The smallest absolute Gasteiger partial charge is 0.158 e. The van der Waals surface area contributed by atoms with Crippen molar-refractivity contribution in [3.8, 4) is 69.8 Å². The van der Waals surface area contributed by atoms with Crippen molar-refractivity contribution in [2.24, 2.45) is 0 Å². The van der Waals surface area contributed by atoms with Crippen LogP contribution in [-0.2, 0) is 0 Å². The van der Waals surface area contributed by atoms with E-state index in [0.717, 1.165) is 98.4 Å². The molecule has 0 spiro atoms. The standard InChI is InChI=1S/2C37H21N5/c2*38-22-29-35(24-12-2-1-3-13-24)30(23-39)37(42-33-20-10-6-16-27(33)28-17-7-11-21-34(28)42)40-36(29)41-31-18-8-4-14-25(31)26-15-5-9-19-32(26)41/h2*1-21H. The Balaban J connectivity index is 0.000000143. The van der Waals surface area contributed by atoms with Crippen LogP contribution >= 0.6 is 0 Å². The summed E-state index contributed by atoms with van der Waals surface area (Å²) in [6, 6.07) is 94.6. The molecule has 0 saturated carbocycles. The molecule has 0 aliphatic heterocycles. The van der Waals surface area contributed by atoms with Gasteiger partial charge in [-0.15, -0.1) is 0 Å². The maximum atomic E-state index is 10.8. The van der Waals surface area contributed by atoms with Gasteiger partial charge in [-0.05, 0) is 59.7 Å². The highest BCUT2D eigenvalue weighted by Gasteiger charge is 2.29. The fourth-order valence-corrected chi connectivity index (χ4v) is 12.6. The second-order valence-corrected chi connectivity index (χ2v) is 20.4. The van der Waals surface area contributed by atoms with Crippen LogP contribution in [0.5, 0.6) is 0 Å². The first kappa shape index (κ1) is 48.8.